The van der Waals surface area contributed by atoms with Gasteiger partial charge in [0.2, 0.25) is 0 Å². The molecule has 1 saturated heterocycles. The zero-order valence-corrected chi connectivity index (χ0v) is 18.9. The molecule has 1 unspecified atom stereocenters. The molecule has 0 radical (unpaired) electrons. The standard InChI is InChI=1S/C20H35N5.HI/c1-4-18(3)23-20(21)22-10-5-6-11-24-12-14-25(15-13-24)19-9-7-8-17(2)16-19;/h7-9,16,18H,4-6,10-15H2,1-3H3,(H3,21,22,23);1H. The second-order valence-corrected chi connectivity index (χ2v) is 7.10. The normalized spacial score (nSPS) is 16.9. The maximum absolute atomic E-state index is 5.88. The zero-order valence-electron chi connectivity index (χ0n) is 16.6. The summed E-state index contributed by atoms with van der Waals surface area (Å²) in [6.07, 6.45) is 3.34. The number of benzene rings is 1. The molecule has 0 spiro atoms. The Morgan fingerprint density at radius 3 is 2.62 bits per heavy atom. The van der Waals surface area contributed by atoms with Gasteiger partial charge in [-0.05, 0) is 57.4 Å². The minimum atomic E-state index is 0. The van der Waals surface area contributed by atoms with E-state index in [9.17, 15) is 0 Å². The number of hydrogen-bond acceptors (Lipinski definition) is 3. The topological polar surface area (TPSA) is 56.9 Å². The largest absolute Gasteiger partial charge is 0.370 e. The molecule has 1 heterocycles. The lowest BCUT2D eigenvalue weighted by Gasteiger charge is -2.36. The van der Waals surface area contributed by atoms with Crippen LogP contribution in [0.25, 0.3) is 0 Å². The second kappa shape index (κ2) is 12.4. The first-order valence-corrected chi connectivity index (χ1v) is 9.69. The average Bonchev–Trinajstić information content (AvgIpc) is 2.62. The number of nitrogens with one attached hydrogen (secondary N) is 1. The minimum Gasteiger partial charge on any atom is -0.370 e. The number of nitrogens with zero attached hydrogens (tertiary/aromatic N) is 3. The molecule has 1 aliphatic rings. The van der Waals surface area contributed by atoms with Gasteiger partial charge in [0.15, 0.2) is 5.96 Å². The van der Waals surface area contributed by atoms with Gasteiger partial charge in [-0.3, -0.25) is 9.89 Å². The Hall–Kier alpha value is -1.02. The third-order valence-corrected chi connectivity index (χ3v) is 4.91. The van der Waals surface area contributed by atoms with Crippen LogP contribution in [0.2, 0.25) is 0 Å². The van der Waals surface area contributed by atoms with E-state index in [0.29, 0.717) is 12.0 Å². The minimum absolute atomic E-state index is 0. The van der Waals surface area contributed by atoms with Crippen LogP contribution in [0.3, 0.4) is 0 Å². The summed E-state index contributed by atoms with van der Waals surface area (Å²) >= 11 is 0. The number of rotatable bonds is 8. The van der Waals surface area contributed by atoms with Gasteiger partial charge in [0.05, 0.1) is 0 Å². The molecular formula is C20H36IN5. The summed E-state index contributed by atoms with van der Waals surface area (Å²) in [6, 6.07) is 9.21. The summed E-state index contributed by atoms with van der Waals surface area (Å²) in [6.45, 7) is 12.9. The van der Waals surface area contributed by atoms with Gasteiger partial charge in [-0.2, -0.15) is 0 Å². The summed E-state index contributed by atoms with van der Waals surface area (Å²) in [5, 5.41) is 3.21. The van der Waals surface area contributed by atoms with Gasteiger partial charge in [0.25, 0.3) is 0 Å². The van der Waals surface area contributed by atoms with Crippen molar-refractivity contribution in [3.63, 3.8) is 0 Å². The highest BCUT2D eigenvalue weighted by atomic mass is 127. The molecule has 1 aromatic rings. The van der Waals surface area contributed by atoms with Crippen molar-refractivity contribution in [1.29, 1.82) is 0 Å². The fourth-order valence-electron chi connectivity index (χ4n) is 3.10. The van der Waals surface area contributed by atoms with Crippen molar-refractivity contribution < 1.29 is 0 Å². The number of nitrogens with two attached hydrogens (primary N) is 1. The summed E-state index contributed by atoms with van der Waals surface area (Å²) < 4.78 is 0. The monoisotopic (exact) mass is 473 g/mol. The van der Waals surface area contributed by atoms with E-state index in [0.717, 1.165) is 52.1 Å². The molecule has 6 heteroatoms. The van der Waals surface area contributed by atoms with Crippen LogP contribution in [0, 0.1) is 6.92 Å². The lowest BCUT2D eigenvalue weighted by atomic mass is 10.2. The molecule has 1 aliphatic heterocycles. The van der Waals surface area contributed by atoms with E-state index in [1.54, 1.807) is 0 Å². The summed E-state index contributed by atoms with van der Waals surface area (Å²) in [7, 11) is 0. The molecule has 0 aromatic heterocycles. The fraction of sp³-hybridized carbons (Fsp3) is 0.650. The van der Waals surface area contributed by atoms with Gasteiger partial charge in [-0.15, -0.1) is 24.0 Å². The number of halogens is 1. The highest BCUT2D eigenvalue weighted by Crippen LogP contribution is 2.17. The smallest absolute Gasteiger partial charge is 0.188 e. The number of anilines is 1. The Morgan fingerprint density at radius 2 is 1.96 bits per heavy atom. The Kier molecular flexibility index (Phi) is 11.0. The molecular weight excluding hydrogens is 437 g/mol. The first-order valence-electron chi connectivity index (χ1n) is 9.69. The van der Waals surface area contributed by atoms with Crippen molar-refractivity contribution in [2.45, 2.75) is 46.1 Å². The predicted octanol–water partition coefficient (Wildman–Crippen LogP) is 3.22. The van der Waals surface area contributed by atoms with E-state index in [4.69, 9.17) is 5.73 Å². The molecule has 0 aliphatic carbocycles. The van der Waals surface area contributed by atoms with E-state index in [1.807, 2.05) is 0 Å². The number of aryl methyl sites for hydroxylation is 1. The molecule has 1 atom stereocenters. The van der Waals surface area contributed by atoms with Gasteiger partial charge in [0.1, 0.15) is 0 Å². The van der Waals surface area contributed by atoms with Crippen LogP contribution in [0.1, 0.15) is 38.7 Å². The van der Waals surface area contributed by atoms with E-state index in [2.05, 4.69) is 65.1 Å². The Balaban J connectivity index is 0.00000338. The van der Waals surface area contributed by atoms with E-state index in [-0.39, 0.29) is 24.0 Å². The molecule has 1 fully saturated rings. The summed E-state index contributed by atoms with van der Waals surface area (Å²) in [5.41, 5.74) is 8.57. The molecule has 26 heavy (non-hydrogen) atoms. The quantitative estimate of drug-likeness (QED) is 0.264. The van der Waals surface area contributed by atoms with Gasteiger partial charge >= 0.3 is 0 Å². The van der Waals surface area contributed by atoms with Gasteiger partial charge in [0, 0.05) is 44.5 Å². The van der Waals surface area contributed by atoms with Gasteiger partial charge in [-0.25, -0.2) is 0 Å². The maximum atomic E-state index is 5.88. The van der Waals surface area contributed by atoms with Gasteiger partial charge in [-0.1, -0.05) is 19.1 Å². The fourth-order valence-corrected chi connectivity index (χ4v) is 3.10. The molecule has 0 saturated carbocycles. The maximum Gasteiger partial charge on any atom is 0.188 e. The number of piperazine rings is 1. The van der Waals surface area contributed by atoms with Crippen molar-refractivity contribution in [3.05, 3.63) is 29.8 Å². The molecule has 1 aromatic carbocycles. The van der Waals surface area contributed by atoms with Crippen molar-refractivity contribution in [2.24, 2.45) is 10.7 Å². The van der Waals surface area contributed by atoms with Crippen LogP contribution in [-0.2, 0) is 0 Å². The number of aliphatic imine (C=N–C) groups is 1. The average molecular weight is 473 g/mol. The third-order valence-electron chi connectivity index (χ3n) is 4.91. The van der Waals surface area contributed by atoms with Crippen molar-refractivity contribution >= 4 is 35.6 Å². The van der Waals surface area contributed by atoms with E-state index in [1.165, 1.54) is 17.7 Å². The molecule has 5 nitrogen and oxygen atoms in total. The first-order chi connectivity index (χ1) is 12.1. The third kappa shape index (κ3) is 8.12. The molecule has 2 rings (SSSR count). The lowest BCUT2D eigenvalue weighted by Crippen LogP contribution is -2.46. The first kappa shape index (κ1) is 23.0. The summed E-state index contributed by atoms with van der Waals surface area (Å²) in [5.74, 6) is 0.584. The van der Waals surface area contributed by atoms with E-state index >= 15 is 0 Å². The number of guanidine groups is 1. The van der Waals surface area contributed by atoms with E-state index < -0.39 is 0 Å². The van der Waals surface area contributed by atoms with Crippen LogP contribution >= 0.6 is 24.0 Å². The Bertz CT molecular complexity index is 541. The molecule has 0 bridgehead atoms. The van der Waals surface area contributed by atoms with Crippen molar-refractivity contribution in [2.75, 3.05) is 44.2 Å². The van der Waals surface area contributed by atoms with Gasteiger partial charge < -0.3 is 16.0 Å². The van der Waals surface area contributed by atoms with Crippen molar-refractivity contribution in [1.82, 2.24) is 10.2 Å². The van der Waals surface area contributed by atoms with Crippen LogP contribution in [0.15, 0.2) is 29.3 Å². The lowest BCUT2D eigenvalue weighted by molar-refractivity contribution is 0.253. The zero-order chi connectivity index (χ0) is 18.1. The Labute approximate surface area is 176 Å². The Morgan fingerprint density at radius 1 is 1.23 bits per heavy atom. The van der Waals surface area contributed by atoms with Crippen molar-refractivity contribution in [3.8, 4) is 0 Å². The number of unbranched alkanes of at least 4 members (excludes halogenated alkanes) is 1. The molecule has 3 N–H and O–H groups in total. The number of hydrogen-bond donors (Lipinski definition) is 2. The summed E-state index contributed by atoms with van der Waals surface area (Å²) in [4.78, 5) is 9.47. The van der Waals surface area contributed by atoms with Crippen LogP contribution in [0.5, 0.6) is 0 Å². The highest BCUT2D eigenvalue weighted by molar-refractivity contribution is 14.0. The predicted molar refractivity (Wildman–Crippen MR) is 124 cm³/mol. The van der Waals surface area contributed by atoms with Crippen LogP contribution < -0.4 is 16.0 Å². The molecule has 148 valence electrons. The highest BCUT2D eigenvalue weighted by Gasteiger charge is 2.16. The second-order valence-electron chi connectivity index (χ2n) is 7.10. The van der Waals surface area contributed by atoms with Crippen LogP contribution in [-0.4, -0.2) is 56.2 Å². The van der Waals surface area contributed by atoms with Crippen LogP contribution in [0.4, 0.5) is 5.69 Å². The molecule has 0 amide bonds. The SMILES string of the molecule is CCC(C)NC(N)=NCCCCN1CCN(c2cccc(C)c2)CC1.I.